The quantitative estimate of drug-likeness (QED) is 0.0882. The van der Waals surface area contributed by atoms with Crippen molar-refractivity contribution in [1.82, 2.24) is 0 Å². The number of hydrogen-bond donors (Lipinski definition) is 2. The van der Waals surface area contributed by atoms with Crippen molar-refractivity contribution in [2.45, 2.75) is 143 Å². The third-order valence-electron chi connectivity index (χ3n) is 6.61. The monoisotopic (exact) mass is 476 g/mol. The maximum absolute atomic E-state index is 13.0. The summed E-state index contributed by atoms with van der Waals surface area (Å²) in [4.78, 5) is 31.9. The van der Waals surface area contributed by atoms with Crippen LogP contribution in [-0.2, 0) is 14.1 Å². The minimum Gasteiger partial charge on any atom is -0.466 e. The molecule has 0 aliphatic heterocycles. The molecule has 0 heterocycles. The predicted octanol–water partition coefficient (Wildman–Crippen LogP) is 8.17. The summed E-state index contributed by atoms with van der Waals surface area (Å²) in [6.45, 7) is 6.56. The Hall–Kier alpha value is -0.380. The number of unbranched alkanes of at least 4 members (excludes halogenated alkanes) is 14. The van der Waals surface area contributed by atoms with Gasteiger partial charge in [-0.1, -0.05) is 117 Å². The minimum atomic E-state index is -4.15. The predicted molar refractivity (Wildman–Crippen MR) is 135 cm³/mol. The highest BCUT2D eigenvalue weighted by atomic mass is 31.2. The third-order valence-corrected chi connectivity index (χ3v) is 7.41. The number of carbonyl (C=O) groups is 1. The van der Waals surface area contributed by atoms with Crippen LogP contribution in [0.4, 0.5) is 0 Å². The first kappa shape index (κ1) is 31.6. The average Bonchev–Trinajstić information content (AvgIpc) is 2.74. The van der Waals surface area contributed by atoms with Gasteiger partial charge in [-0.05, 0) is 26.2 Å². The number of esters is 1. The van der Waals surface area contributed by atoms with Gasteiger partial charge in [-0.15, -0.1) is 0 Å². The van der Waals surface area contributed by atoms with Crippen LogP contribution in [0.15, 0.2) is 0 Å². The van der Waals surface area contributed by atoms with Gasteiger partial charge in [-0.25, -0.2) is 0 Å². The summed E-state index contributed by atoms with van der Waals surface area (Å²) < 4.78 is 17.0. The van der Waals surface area contributed by atoms with Crippen LogP contribution in [0.5, 0.6) is 0 Å². The molecule has 0 radical (unpaired) electrons. The zero-order valence-electron chi connectivity index (χ0n) is 21.4. The Labute approximate surface area is 198 Å². The van der Waals surface area contributed by atoms with Crippen molar-refractivity contribution >= 4 is 13.6 Å². The van der Waals surface area contributed by atoms with Crippen molar-refractivity contribution in [1.29, 1.82) is 0 Å². The van der Waals surface area contributed by atoms with E-state index in [0.29, 0.717) is 19.4 Å². The Kier molecular flexibility index (Phi) is 19.8. The molecule has 0 aliphatic rings. The maximum Gasteiger partial charge on any atom is 0.325 e. The molecule has 0 atom stereocenters. The van der Waals surface area contributed by atoms with E-state index in [9.17, 15) is 19.1 Å². The van der Waals surface area contributed by atoms with E-state index in [1.165, 1.54) is 77.0 Å². The van der Waals surface area contributed by atoms with E-state index in [1.807, 2.05) is 0 Å². The molecule has 0 aromatic heterocycles. The SMILES string of the molecule is CCCCCCCCCCC(CCCCCCCCCC)(CCP(=O)(O)O)C(=O)OCC. The lowest BCUT2D eigenvalue weighted by molar-refractivity contribution is -0.157. The van der Waals surface area contributed by atoms with E-state index < -0.39 is 13.0 Å². The molecule has 5 nitrogen and oxygen atoms in total. The summed E-state index contributed by atoms with van der Waals surface area (Å²) >= 11 is 0. The molecular formula is C26H53O5P. The molecule has 0 amide bonds. The van der Waals surface area contributed by atoms with E-state index in [1.54, 1.807) is 6.92 Å². The Bertz CT molecular complexity index is 469. The summed E-state index contributed by atoms with van der Waals surface area (Å²) in [7, 11) is -4.15. The van der Waals surface area contributed by atoms with Gasteiger partial charge in [0.15, 0.2) is 0 Å². The Balaban J connectivity index is 4.77. The topological polar surface area (TPSA) is 83.8 Å². The van der Waals surface area contributed by atoms with Crippen molar-refractivity contribution in [2.75, 3.05) is 12.8 Å². The van der Waals surface area contributed by atoms with Crippen LogP contribution in [0.2, 0.25) is 0 Å². The van der Waals surface area contributed by atoms with Gasteiger partial charge < -0.3 is 14.5 Å². The van der Waals surface area contributed by atoms with Gasteiger partial charge in [-0.2, -0.15) is 0 Å². The molecule has 2 N–H and O–H groups in total. The van der Waals surface area contributed by atoms with Gasteiger partial charge in [0.25, 0.3) is 0 Å². The molecule has 0 aliphatic carbocycles. The first-order valence-corrected chi connectivity index (χ1v) is 15.3. The number of hydrogen-bond acceptors (Lipinski definition) is 3. The van der Waals surface area contributed by atoms with Gasteiger partial charge in [0.05, 0.1) is 18.2 Å². The van der Waals surface area contributed by atoms with Crippen LogP contribution in [-0.4, -0.2) is 28.5 Å². The lowest BCUT2D eigenvalue weighted by Crippen LogP contribution is -2.34. The Morgan fingerprint density at radius 3 is 1.38 bits per heavy atom. The second-order valence-electron chi connectivity index (χ2n) is 9.59. The molecule has 0 spiro atoms. The largest absolute Gasteiger partial charge is 0.466 e. The first-order chi connectivity index (χ1) is 15.3. The molecule has 6 heteroatoms. The van der Waals surface area contributed by atoms with Crippen LogP contribution in [0, 0.1) is 5.41 Å². The molecule has 0 rings (SSSR count). The van der Waals surface area contributed by atoms with Crippen molar-refractivity contribution < 1.29 is 23.9 Å². The van der Waals surface area contributed by atoms with Gasteiger partial charge in [0, 0.05) is 0 Å². The van der Waals surface area contributed by atoms with Crippen LogP contribution in [0.3, 0.4) is 0 Å². The lowest BCUT2D eigenvalue weighted by atomic mass is 9.75. The van der Waals surface area contributed by atoms with Gasteiger partial charge in [0.1, 0.15) is 0 Å². The van der Waals surface area contributed by atoms with E-state index in [-0.39, 0.29) is 18.6 Å². The van der Waals surface area contributed by atoms with Crippen molar-refractivity contribution in [3.63, 3.8) is 0 Å². The van der Waals surface area contributed by atoms with E-state index in [2.05, 4.69) is 13.8 Å². The molecule has 0 bridgehead atoms. The van der Waals surface area contributed by atoms with Gasteiger partial charge in [0.2, 0.25) is 0 Å². The average molecular weight is 477 g/mol. The van der Waals surface area contributed by atoms with Gasteiger partial charge >= 0.3 is 13.6 Å². The molecule has 192 valence electrons. The zero-order chi connectivity index (χ0) is 24.1. The fourth-order valence-corrected chi connectivity index (χ4v) is 5.24. The van der Waals surface area contributed by atoms with Crippen molar-refractivity contribution in [3.05, 3.63) is 0 Å². The lowest BCUT2D eigenvalue weighted by Gasteiger charge is -2.32. The number of carbonyl (C=O) groups excluding carboxylic acids is 1. The fraction of sp³-hybridized carbons (Fsp3) is 0.962. The van der Waals surface area contributed by atoms with Crippen LogP contribution < -0.4 is 0 Å². The molecule has 32 heavy (non-hydrogen) atoms. The molecular weight excluding hydrogens is 423 g/mol. The summed E-state index contributed by atoms with van der Waals surface area (Å²) in [5, 5.41) is 0. The summed E-state index contributed by atoms with van der Waals surface area (Å²) in [5.41, 5.74) is -0.748. The van der Waals surface area contributed by atoms with Crippen LogP contribution in [0.25, 0.3) is 0 Å². The number of rotatable bonds is 23. The molecule has 0 unspecified atom stereocenters. The maximum atomic E-state index is 13.0. The summed E-state index contributed by atoms with van der Waals surface area (Å²) in [6, 6.07) is 0. The standard InChI is InChI=1S/C26H53O5P/c1-4-7-9-11-13-15-17-19-21-26(25(27)31-6-3,23-24-32(28,29)30)22-20-18-16-14-12-10-8-5-2/h4-24H2,1-3H3,(H2,28,29,30). The fourth-order valence-electron chi connectivity index (χ4n) is 4.52. The molecule has 0 aromatic rings. The molecule has 0 saturated carbocycles. The van der Waals surface area contributed by atoms with E-state index in [0.717, 1.165) is 25.7 Å². The third kappa shape index (κ3) is 17.1. The molecule has 0 saturated heterocycles. The van der Waals surface area contributed by atoms with Crippen molar-refractivity contribution in [2.24, 2.45) is 5.41 Å². The summed E-state index contributed by atoms with van der Waals surface area (Å²) in [6.07, 6.45) is 20.3. The summed E-state index contributed by atoms with van der Waals surface area (Å²) in [5.74, 6) is -0.251. The van der Waals surface area contributed by atoms with E-state index >= 15 is 0 Å². The molecule has 0 aromatic carbocycles. The molecule has 0 fully saturated rings. The van der Waals surface area contributed by atoms with Crippen LogP contribution in [0.1, 0.15) is 143 Å². The van der Waals surface area contributed by atoms with Crippen LogP contribution >= 0.6 is 7.60 Å². The van der Waals surface area contributed by atoms with E-state index in [4.69, 9.17) is 4.74 Å². The second-order valence-corrected chi connectivity index (χ2v) is 11.4. The second kappa shape index (κ2) is 20.0. The zero-order valence-corrected chi connectivity index (χ0v) is 22.3. The number of ether oxygens (including phenoxy) is 1. The normalized spacial score (nSPS) is 12.3. The van der Waals surface area contributed by atoms with Crippen molar-refractivity contribution in [3.8, 4) is 0 Å². The highest BCUT2D eigenvalue weighted by Crippen LogP contribution is 2.44. The highest BCUT2D eigenvalue weighted by Gasteiger charge is 2.40. The highest BCUT2D eigenvalue weighted by molar-refractivity contribution is 7.51. The Morgan fingerprint density at radius 2 is 1.03 bits per heavy atom. The minimum absolute atomic E-state index is 0.225. The first-order valence-electron chi connectivity index (χ1n) is 13.5. The smallest absolute Gasteiger partial charge is 0.325 e. The Morgan fingerprint density at radius 1 is 0.656 bits per heavy atom. The van der Waals surface area contributed by atoms with Gasteiger partial charge in [-0.3, -0.25) is 9.36 Å².